The Morgan fingerprint density at radius 3 is 2.67 bits per heavy atom. The van der Waals surface area contributed by atoms with E-state index in [0.717, 1.165) is 54.6 Å². The van der Waals surface area contributed by atoms with Crippen LogP contribution in [-0.4, -0.2) is 46.2 Å². The number of ketones is 2. The molecule has 2 fully saturated rings. The lowest BCUT2D eigenvalue weighted by atomic mass is 9.78. The molecule has 0 radical (unpaired) electrons. The number of aromatic hydroxyl groups is 1. The molecule has 2 aliphatic heterocycles. The van der Waals surface area contributed by atoms with E-state index in [1.807, 2.05) is 27.8 Å². The number of ether oxygens (including phenoxy) is 1. The van der Waals surface area contributed by atoms with Crippen LogP contribution in [0.2, 0.25) is 0 Å². The molecule has 1 spiro atoms. The second-order valence-electron chi connectivity index (χ2n) is 14.8. The van der Waals surface area contributed by atoms with E-state index in [4.69, 9.17) is 15.5 Å². The molecule has 7 rings (SSSR count). The second-order valence-corrected chi connectivity index (χ2v) is 17.4. The highest BCUT2D eigenvalue weighted by Gasteiger charge is 2.60. The number of nitrogen functional groups attached to an aromatic ring is 1. The molecule has 0 amide bonds. The summed E-state index contributed by atoms with van der Waals surface area (Å²) in [4.78, 5) is 32.4. The van der Waals surface area contributed by atoms with Crippen molar-refractivity contribution >= 4 is 45.0 Å². The van der Waals surface area contributed by atoms with E-state index in [2.05, 4.69) is 42.9 Å². The number of phenols is 1. The number of anilines is 1. The Bertz CT molecular complexity index is 1680. The Kier molecular flexibility index (Phi) is 9.92. The third-order valence-electron chi connectivity index (χ3n) is 12.0. The van der Waals surface area contributed by atoms with Crippen molar-refractivity contribution in [3.63, 3.8) is 0 Å². The molecular formula is C39H49N4O4S2+. The highest BCUT2D eigenvalue weighted by atomic mass is 33.1. The Hall–Kier alpha value is -3.21. The SMILES string of the molecule is CC[C@H]1CCC(=O)CC(=O)/C=C/c2cc(OC)c(O)cc2[C@@H]2/C=C/[C@H]1SS[C@@H]([C@]1([NH+]3C=CNC3)CCC3(CCCC3)C1)c1cc2cnc1N. The van der Waals surface area contributed by atoms with Crippen LogP contribution in [-0.2, 0) is 9.59 Å². The van der Waals surface area contributed by atoms with Gasteiger partial charge in [-0.2, -0.15) is 0 Å². The molecular weight excluding hydrogens is 653 g/mol. The summed E-state index contributed by atoms with van der Waals surface area (Å²) in [6.45, 7) is 3.06. The zero-order valence-corrected chi connectivity index (χ0v) is 30.2. The van der Waals surface area contributed by atoms with Gasteiger partial charge >= 0.3 is 0 Å². The number of carbonyl (C=O) groups is 2. The number of quaternary nitrogens is 1. The number of pyridine rings is 1. The minimum Gasteiger partial charge on any atom is -0.504 e. The van der Waals surface area contributed by atoms with Gasteiger partial charge in [0.05, 0.1) is 25.0 Å². The fraction of sp³-hybridized carbons (Fsp3) is 0.513. The number of rotatable bonds is 4. The average molecular weight is 702 g/mol. The summed E-state index contributed by atoms with van der Waals surface area (Å²) in [6.07, 6.45) is 24.8. The van der Waals surface area contributed by atoms with Crippen molar-refractivity contribution in [1.29, 1.82) is 0 Å². The monoisotopic (exact) mass is 701 g/mol. The summed E-state index contributed by atoms with van der Waals surface area (Å²) in [6, 6.07) is 5.78. The second kappa shape index (κ2) is 14.2. The van der Waals surface area contributed by atoms with Gasteiger partial charge in [-0.15, -0.1) is 0 Å². The summed E-state index contributed by atoms with van der Waals surface area (Å²) in [7, 11) is 5.38. The Morgan fingerprint density at radius 2 is 1.92 bits per heavy atom. The Balaban J connectivity index is 1.43. The predicted octanol–water partition coefficient (Wildman–Crippen LogP) is 6.63. The van der Waals surface area contributed by atoms with Crippen LogP contribution in [0.25, 0.3) is 6.08 Å². The van der Waals surface area contributed by atoms with Crippen LogP contribution in [0.5, 0.6) is 11.5 Å². The number of nitrogens with zero attached hydrogens (tertiary/aromatic N) is 1. The first-order chi connectivity index (χ1) is 23.7. The number of fused-ring (bicyclic) bond motifs is 7. The lowest BCUT2D eigenvalue weighted by Crippen LogP contribution is -3.16. The van der Waals surface area contributed by atoms with E-state index in [9.17, 15) is 14.7 Å². The van der Waals surface area contributed by atoms with Gasteiger partial charge < -0.3 is 20.9 Å². The number of hydrogen-bond donors (Lipinski definition) is 4. The van der Waals surface area contributed by atoms with Gasteiger partial charge in [0.25, 0.3) is 0 Å². The summed E-state index contributed by atoms with van der Waals surface area (Å²) in [5, 5.41) is 14.8. The molecule has 2 saturated carbocycles. The van der Waals surface area contributed by atoms with Gasteiger partial charge in [0.1, 0.15) is 23.3 Å². The molecule has 0 saturated heterocycles. The first kappa shape index (κ1) is 34.2. The van der Waals surface area contributed by atoms with E-state index in [0.29, 0.717) is 23.4 Å². The van der Waals surface area contributed by atoms with Gasteiger partial charge in [0.15, 0.2) is 24.0 Å². The van der Waals surface area contributed by atoms with Crippen LogP contribution >= 0.6 is 21.6 Å². The van der Waals surface area contributed by atoms with Gasteiger partial charge in [-0.05, 0) is 78.0 Å². The molecule has 8 nitrogen and oxygen atoms in total. The van der Waals surface area contributed by atoms with Crippen LogP contribution in [0, 0.1) is 11.3 Å². The van der Waals surface area contributed by atoms with Crippen molar-refractivity contribution in [1.82, 2.24) is 10.3 Å². The van der Waals surface area contributed by atoms with Crippen LogP contribution in [0.15, 0.2) is 55.0 Å². The molecule has 1 aromatic carbocycles. The molecule has 3 aliphatic carbocycles. The van der Waals surface area contributed by atoms with Crippen LogP contribution in [0.3, 0.4) is 0 Å². The standard InChI is InChI=1S/C39H48N4O4S2/c1-3-25-6-8-28(44)20-29(45)9-7-26-19-34(47-2)33(46)21-31(26)30-10-11-35(25)48-49-36(32-18-27(30)22-42-37(32)40)39(43-17-16-41-24-43)15-14-38(23-39)12-4-5-13-38/h7,9-11,16-19,21-22,25,30,35-36,41,46H,3-6,8,12-15,20,23-24H2,1-2H3,(H2,40,42)/p+1/b9-7+,11-10+/t25-,30+,35+,36+,39-/m0/s1. The molecule has 1 unspecified atom stereocenters. The maximum absolute atomic E-state index is 13.1. The molecule has 4 bridgehead atoms. The van der Waals surface area contributed by atoms with Crippen LogP contribution < -0.4 is 20.7 Å². The normalized spacial score (nSPS) is 32.4. The highest BCUT2D eigenvalue weighted by molar-refractivity contribution is 8.77. The zero-order valence-electron chi connectivity index (χ0n) is 28.6. The van der Waals surface area contributed by atoms with E-state index in [1.54, 1.807) is 18.2 Å². The average Bonchev–Trinajstić information content (AvgIpc) is 3.88. The van der Waals surface area contributed by atoms with E-state index in [1.165, 1.54) is 50.2 Å². The van der Waals surface area contributed by atoms with Crippen molar-refractivity contribution in [2.45, 2.75) is 99.5 Å². The number of hydrogen-bond acceptors (Lipinski definition) is 9. The first-order valence-electron chi connectivity index (χ1n) is 17.9. The summed E-state index contributed by atoms with van der Waals surface area (Å²) < 4.78 is 5.49. The number of phenolic OH excluding ortho intramolecular Hbond substituents is 1. The molecule has 5 aliphatic rings. The predicted molar refractivity (Wildman–Crippen MR) is 198 cm³/mol. The molecule has 10 heteroatoms. The topological polar surface area (TPSA) is 119 Å². The van der Waals surface area contributed by atoms with Crippen molar-refractivity contribution in [2.75, 3.05) is 19.5 Å². The minimum atomic E-state index is -0.270. The van der Waals surface area contributed by atoms with Gasteiger partial charge in [-0.1, -0.05) is 66.0 Å². The number of aromatic nitrogens is 1. The number of Topliss-reactive ketones (excluding diaryl/α,β-unsaturated/α-hetero) is 1. The van der Waals surface area contributed by atoms with Gasteiger partial charge in [-0.3, -0.25) is 14.5 Å². The maximum atomic E-state index is 13.1. The lowest BCUT2D eigenvalue weighted by Gasteiger charge is -2.42. The van der Waals surface area contributed by atoms with Crippen molar-refractivity contribution < 1.29 is 24.3 Å². The van der Waals surface area contributed by atoms with E-state index in [-0.39, 0.29) is 51.6 Å². The van der Waals surface area contributed by atoms with Crippen molar-refractivity contribution in [3.05, 3.63) is 77.3 Å². The Labute approximate surface area is 297 Å². The number of nitrogens with one attached hydrogen (secondary N) is 2. The third-order valence-corrected chi connectivity index (χ3v) is 15.3. The van der Waals surface area contributed by atoms with Gasteiger partial charge in [0, 0.05) is 42.2 Å². The first-order valence-corrected chi connectivity index (χ1v) is 20.2. The fourth-order valence-corrected chi connectivity index (χ4v) is 13.2. The zero-order chi connectivity index (χ0) is 34.2. The molecule has 260 valence electrons. The molecule has 2 aromatic rings. The van der Waals surface area contributed by atoms with Gasteiger partial charge in [-0.25, -0.2) is 4.98 Å². The summed E-state index contributed by atoms with van der Waals surface area (Å²) in [5.74, 6) is 0.642. The molecule has 5 N–H and O–H groups in total. The molecule has 6 atom stereocenters. The molecule has 3 heterocycles. The lowest BCUT2D eigenvalue weighted by molar-refractivity contribution is -0.901. The van der Waals surface area contributed by atoms with Crippen LogP contribution in [0.1, 0.15) is 111 Å². The number of carbonyl (C=O) groups excluding carboxylic acids is 2. The number of benzene rings is 1. The van der Waals surface area contributed by atoms with Gasteiger partial charge in [0.2, 0.25) is 0 Å². The van der Waals surface area contributed by atoms with Crippen LogP contribution in [0.4, 0.5) is 5.82 Å². The quantitative estimate of drug-likeness (QED) is 0.158. The maximum Gasteiger partial charge on any atom is 0.163 e. The Morgan fingerprint density at radius 1 is 1.08 bits per heavy atom. The fourth-order valence-electron chi connectivity index (χ4n) is 9.26. The molecule has 1 aromatic heterocycles. The third kappa shape index (κ3) is 6.68. The largest absolute Gasteiger partial charge is 0.504 e. The number of nitrogens with two attached hydrogens (primary N) is 1. The molecule has 49 heavy (non-hydrogen) atoms. The van der Waals surface area contributed by atoms with Crippen molar-refractivity contribution in [3.8, 4) is 11.5 Å². The highest BCUT2D eigenvalue weighted by Crippen LogP contribution is 2.61. The smallest absolute Gasteiger partial charge is 0.163 e. The van der Waals surface area contributed by atoms with Crippen molar-refractivity contribution in [2.24, 2.45) is 11.3 Å². The van der Waals surface area contributed by atoms with E-state index < -0.39 is 0 Å². The summed E-state index contributed by atoms with van der Waals surface area (Å²) >= 11 is 0. The minimum absolute atomic E-state index is 0.0246. The summed E-state index contributed by atoms with van der Waals surface area (Å²) in [5.41, 5.74) is 10.9. The number of allylic oxidation sites excluding steroid dienone is 2. The number of methoxy groups -OCH3 is 1. The van der Waals surface area contributed by atoms with E-state index >= 15 is 0 Å².